The van der Waals surface area contributed by atoms with Crippen molar-refractivity contribution in [3.05, 3.63) is 71.7 Å². The highest BCUT2D eigenvalue weighted by Crippen LogP contribution is 2.21. The monoisotopic (exact) mass is 362 g/mol. The average molecular weight is 362 g/mol. The number of hydrogen-bond acceptors (Lipinski definition) is 5. The molecule has 2 aromatic heterocycles. The van der Waals surface area contributed by atoms with Crippen molar-refractivity contribution in [1.29, 1.82) is 0 Å². The lowest BCUT2D eigenvalue weighted by molar-refractivity contribution is 0.0618. The van der Waals surface area contributed by atoms with Crippen molar-refractivity contribution < 1.29 is 9.32 Å². The Bertz CT molecular complexity index is 897. The van der Waals surface area contributed by atoms with Gasteiger partial charge in [-0.2, -0.15) is 0 Å². The molecule has 6 nitrogen and oxygen atoms in total. The third-order valence-electron chi connectivity index (χ3n) is 4.85. The molecule has 0 saturated carbocycles. The fourth-order valence-electron chi connectivity index (χ4n) is 3.25. The van der Waals surface area contributed by atoms with E-state index in [0.29, 0.717) is 24.5 Å². The van der Waals surface area contributed by atoms with Crippen LogP contribution in [0.15, 0.2) is 59.4 Å². The Hall–Kier alpha value is -2.99. The standard InChI is InChI=1S/C21H22N4O2/c1-16-4-6-18(7-5-16)20-13-19(23-27-20)21(26)25-11-9-24(10-12-25)15-17-3-2-8-22-14-17/h2-8,13-14H,9-12,15H2,1H3. The zero-order valence-electron chi connectivity index (χ0n) is 15.3. The predicted octanol–water partition coefficient (Wildman–Crippen LogP) is 3.00. The predicted molar refractivity (Wildman–Crippen MR) is 102 cm³/mol. The number of aromatic nitrogens is 2. The fourth-order valence-corrected chi connectivity index (χ4v) is 3.25. The number of aryl methyl sites for hydroxylation is 1. The maximum absolute atomic E-state index is 12.7. The lowest BCUT2D eigenvalue weighted by atomic mass is 10.1. The number of benzene rings is 1. The molecule has 1 saturated heterocycles. The number of pyridine rings is 1. The van der Waals surface area contributed by atoms with Crippen LogP contribution in [0.5, 0.6) is 0 Å². The summed E-state index contributed by atoms with van der Waals surface area (Å²) >= 11 is 0. The van der Waals surface area contributed by atoms with Crippen LogP contribution in [0.4, 0.5) is 0 Å². The maximum Gasteiger partial charge on any atom is 0.276 e. The van der Waals surface area contributed by atoms with Gasteiger partial charge in [-0.25, -0.2) is 0 Å². The minimum atomic E-state index is -0.0712. The van der Waals surface area contributed by atoms with Crippen LogP contribution in [0.2, 0.25) is 0 Å². The molecule has 1 aliphatic rings. The van der Waals surface area contributed by atoms with Gasteiger partial charge in [-0.15, -0.1) is 0 Å². The molecule has 3 aromatic rings. The summed E-state index contributed by atoms with van der Waals surface area (Å²) < 4.78 is 5.39. The number of carbonyl (C=O) groups excluding carboxylic acids is 1. The number of nitrogens with zero attached hydrogens (tertiary/aromatic N) is 4. The summed E-state index contributed by atoms with van der Waals surface area (Å²) in [6.45, 7) is 5.94. The van der Waals surface area contributed by atoms with E-state index < -0.39 is 0 Å². The van der Waals surface area contributed by atoms with Crippen molar-refractivity contribution >= 4 is 5.91 Å². The summed E-state index contributed by atoms with van der Waals surface area (Å²) in [7, 11) is 0. The third kappa shape index (κ3) is 4.06. The van der Waals surface area contributed by atoms with E-state index in [2.05, 4.69) is 21.1 Å². The molecule has 0 aliphatic carbocycles. The van der Waals surface area contributed by atoms with Crippen molar-refractivity contribution in [2.75, 3.05) is 26.2 Å². The molecule has 0 spiro atoms. The lowest BCUT2D eigenvalue weighted by Gasteiger charge is -2.34. The molecule has 1 amide bonds. The van der Waals surface area contributed by atoms with E-state index in [4.69, 9.17) is 4.52 Å². The summed E-state index contributed by atoms with van der Waals surface area (Å²) in [5.41, 5.74) is 3.66. The topological polar surface area (TPSA) is 62.5 Å². The second kappa shape index (κ2) is 7.72. The molecule has 0 bridgehead atoms. The number of rotatable bonds is 4. The number of carbonyl (C=O) groups is 1. The Balaban J connectivity index is 1.36. The molecule has 0 atom stereocenters. The second-order valence-corrected chi connectivity index (χ2v) is 6.87. The van der Waals surface area contributed by atoms with E-state index in [1.807, 2.05) is 48.4 Å². The molecule has 1 aromatic carbocycles. The summed E-state index contributed by atoms with van der Waals surface area (Å²) in [5.74, 6) is 0.548. The highest BCUT2D eigenvalue weighted by Gasteiger charge is 2.24. The second-order valence-electron chi connectivity index (χ2n) is 6.87. The maximum atomic E-state index is 12.7. The SMILES string of the molecule is Cc1ccc(-c2cc(C(=O)N3CCN(Cc4cccnc4)CC3)no2)cc1. The van der Waals surface area contributed by atoms with Gasteiger partial charge >= 0.3 is 0 Å². The zero-order valence-corrected chi connectivity index (χ0v) is 15.3. The van der Waals surface area contributed by atoms with Crippen LogP contribution < -0.4 is 0 Å². The van der Waals surface area contributed by atoms with Gasteiger partial charge in [0.2, 0.25) is 0 Å². The van der Waals surface area contributed by atoms with Crippen molar-refractivity contribution in [1.82, 2.24) is 19.9 Å². The molecule has 6 heteroatoms. The largest absolute Gasteiger partial charge is 0.355 e. The van der Waals surface area contributed by atoms with Crippen LogP contribution in [-0.4, -0.2) is 52.0 Å². The molecule has 0 unspecified atom stereocenters. The van der Waals surface area contributed by atoms with Gasteiger partial charge in [-0.05, 0) is 18.6 Å². The fraction of sp³-hybridized carbons (Fsp3) is 0.286. The van der Waals surface area contributed by atoms with Crippen molar-refractivity contribution in [3.8, 4) is 11.3 Å². The molecule has 4 rings (SSSR count). The summed E-state index contributed by atoms with van der Waals surface area (Å²) in [6.07, 6.45) is 3.67. The normalized spacial score (nSPS) is 15.1. The van der Waals surface area contributed by atoms with E-state index >= 15 is 0 Å². The molecule has 1 fully saturated rings. The van der Waals surface area contributed by atoms with E-state index in [1.54, 1.807) is 12.3 Å². The zero-order chi connectivity index (χ0) is 18.6. The molecule has 138 valence electrons. The lowest BCUT2D eigenvalue weighted by Crippen LogP contribution is -2.48. The number of piperazine rings is 1. The Morgan fingerprint density at radius 3 is 2.59 bits per heavy atom. The summed E-state index contributed by atoms with van der Waals surface area (Å²) in [4.78, 5) is 21.1. The smallest absolute Gasteiger partial charge is 0.276 e. The van der Waals surface area contributed by atoms with Crippen LogP contribution >= 0.6 is 0 Å². The number of amides is 1. The van der Waals surface area contributed by atoms with E-state index in [9.17, 15) is 4.79 Å². The Morgan fingerprint density at radius 1 is 1.11 bits per heavy atom. The van der Waals surface area contributed by atoms with Crippen LogP contribution in [0.1, 0.15) is 21.6 Å². The van der Waals surface area contributed by atoms with Crippen molar-refractivity contribution in [3.63, 3.8) is 0 Å². The molecule has 1 aliphatic heterocycles. The van der Waals surface area contributed by atoms with Gasteiger partial charge in [0.1, 0.15) is 0 Å². The van der Waals surface area contributed by atoms with Gasteiger partial charge in [-0.3, -0.25) is 14.7 Å². The molecular weight excluding hydrogens is 340 g/mol. The Labute approximate surface area is 158 Å². The molecular formula is C21H22N4O2. The van der Waals surface area contributed by atoms with Crippen LogP contribution in [-0.2, 0) is 6.54 Å². The van der Waals surface area contributed by atoms with E-state index in [-0.39, 0.29) is 5.91 Å². The first-order chi connectivity index (χ1) is 13.2. The highest BCUT2D eigenvalue weighted by molar-refractivity contribution is 5.93. The van der Waals surface area contributed by atoms with Crippen molar-refractivity contribution in [2.24, 2.45) is 0 Å². The Kier molecular flexibility index (Phi) is 4.98. The molecule has 0 radical (unpaired) electrons. The van der Waals surface area contributed by atoms with Gasteiger partial charge in [0.05, 0.1) is 0 Å². The summed E-state index contributed by atoms with van der Waals surface area (Å²) in [6, 6.07) is 13.7. The minimum absolute atomic E-state index is 0.0712. The molecule has 27 heavy (non-hydrogen) atoms. The number of hydrogen-bond donors (Lipinski definition) is 0. The van der Waals surface area contributed by atoms with Gasteiger partial charge in [-0.1, -0.05) is 41.1 Å². The molecule has 3 heterocycles. The first-order valence-electron chi connectivity index (χ1n) is 9.13. The van der Waals surface area contributed by atoms with E-state index in [1.165, 1.54) is 11.1 Å². The first kappa shape index (κ1) is 17.4. The van der Waals surface area contributed by atoms with Gasteiger partial charge in [0.15, 0.2) is 11.5 Å². The first-order valence-corrected chi connectivity index (χ1v) is 9.13. The minimum Gasteiger partial charge on any atom is -0.355 e. The van der Waals surface area contributed by atoms with Gasteiger partial charge in [0.25, 0.3) is 5.91 Å². The van der Waals surface area contributed by atoms with Crippen LogP contribution in [0.3, 0.4) is 0 Å². The Morgan fingerprint density at radius 2 is 1.89 bits per heavy atom. The summed E-state index contributed by atoms with van der Waals surface area (Å²) in [5, 5.41) is 3.99. The third-order valence-corrected chi connectivity index (χ3v) is 4.85. The average Bonchev–Trinajstić information content (AvgIpc) is 3.20. The van der Waals surface area contributed by atoms with Gasteiger partial charge < -0.3 is 9.42 Å². The van der Waals surface area contributed by atoms with E-state index in [0.717, 1.165) is 25.2 Å². The van der Waals surface area contributed by atoms with Crippen LogP contribution in [0.25, 0.3) is 11.3 Å². The molecule has 0 N–H and O–H groups in total. The highest BCUT2D eigenvalue weighted by atomic mass is 16.5. The van der Waals surface area contributed by atoms with Gasteiger partial charge in [0, 0.05) is 56.7 Å². The van der Waals surface area contributed by atoms with Crippen LogP contribution in [0, 0.1) is 6.92 Å². The quantitative estimate of drug-likeness (QED) is 0.714. The van der Waals surface area contributed by atoms with Crippen molar-refractivity contribution in [2.45, 2.75) is 13.5 Å².